The van der Waals surface area contributed by atoms with Gasteiger partial charge >= 0.3 is 0 Å². The minimum Gasteiger partial charge on any atom is -0.350 e. The van der Waals surface area contributed by atoms with Crippen LogP contribution in [0.2, 0.25) is 0 Å². The van der Waals surface area contributed by atoms with E-state index in [0.29, 0.717) is 5.11 Å². The molecule has 0 heterocycles. The zero-order valence-electron chi connectivity index (χ0n) is 11.8. The number of amides is 1. The molecule has 0 bridgehead atoms. The fraction of sp³-hybridized carbons (Fsp3) is 0.467. The van der Waals surface area contributed by atoms with Gasteiger partial charge in [-0.1, -0.05) is 37.3 Å². The Morgan fingerprint density at radius 1 is 1.21 bits per heavy atom. The van der Waals surface area contributed by atoms with Crippen LogP contribution in [0.3, 0.4) is 0 Å². The Morgan fingerprint density at radius 3 is 2.26 bits per heavy atom. The van der Waals surface area contributed by atoms with Crippen LogP contribution in [0.25, 0.3) is 0 Å². The molecule has 0 fully saturated rings. The average Bonchev–Trinajstić information content (AvgIpc) is 2.42. The van der Waals surface area contributed by atoms with Crippen molar-refractivity contribution >= 4 is 23.2 Å². The summed E-state index contributed by atoms with van der Waals surface area (Å²) < 4.78 is 0. The summed E-state index contributed by atoms with van der Waals surface area (Å²) in [4.78, 5) is 14.3. The van der Waals surface area contributed by atoms with Crippen molar-refractivity contribution in [3.05, 3.63) is 35.9 Å². The van der Waals surface area contributed by atoms with Gasteiger partial charge in [-0.25, -0.2) is 0 Å². The SMILES string of the molecule is CC[C@H](C(=O)NC(=S)N(CC)CC)c1ccccc1. The fourth-order valence-electron chi connectivity index (χ4n) is 2.04. The number of rotatable bonds is 5. The van der Waals surface area contributed by atoms with Gasteiger partial charge < -0.3 is 10.2 Å². The lowest BCUT2D eigenvalue weighted by atomic mass is 9.96. The molecule has 19 heavy (non-hydrogen) atoms. The van der Waals surface area contributed by atoms with Gasteiger partial charge in [0.2, 0.25) is 5.91 Å². The zero-order valence-corrected chi connectivity index (χ0v) is 12.7. The van der Waals surface area contributed by atoms with E-state index < -0.39 is 0 Å². The Bertz CT molecular complexity index is 415. The van der Waals surface area contributed by atoms with Crippen LogP contribution >= 0.6 is 12.2 Å². The summed E-state index contributed by atoms with van der Waals surface area (Å²) in [5.41, 5.74) is 1.03. The summed E-state index contributed by atoms with van der Waals surface area (Å²) in [5, 5.41) is 3.37. The molecule has 0 aromatic heterocycles. The Hall–Kier alpha value is -1.42. The maximum atomic E-state index is 12.3. The molecule has 0 unspecified atom stereocenters. The quantitative estimate of drug-likeness (QED) is 0.841. The largest absolute Gasteiger partial charge is 0.350 e. The number of carbonyl (C=O) groups excluding carboxylic acids is 1. The van der Waals surface area contributed by atoms with Crippen molar-refractivity contribution in [2.75, 3.05) is 13.1 Å². The molecular formula is C15H22N2OS. The molecule has 0 aliphatic rings. The first kappa shape index (κ1) is 15.6. The van der Waals surface area contributed by atoms with Crippen molar-refractivity contribution in [2.45, 2.75) is 33.1 Å². The van der Waals surface area contributed by atoms with E-state index >= 15 is 0 Å². The lowest BCUT2D eigenvalue weighted by molar-refractivity contribution is -0.121. The van der Waals surface area contributed by atoms with E-state index in [2.05, 4.69) is 5.32 Å². The van der Waals surface area contributed by atoms with Crippen LogP contribution in [-0.4, -0.2) is 29.0 Å². The van der Waals surface area contributed by atoms with Crippen LogP contribution in [-0.2, 0) is 4.79 Å². The highest BCUT2D eigenvalue weighted by atomic mass is 32.1. The summed E-state index contributed by atoms with van der Waals surface area (Å²) in [6.45, 7) is 7.67. The number of hydrogen-bond donors (Lipinski definition) is 1. The van der Waals surface area contributed by atoms with Crippen molar-refractivity contribution < 1.29 is 4.79 Å². The number of nitrogens with zero attached hydrogens (tertiary/aromatic N) is 1. The summed E-state index contributed by atoms with van der Waals surface area (Å²) >= 11 is 5.26. The lowest BCUT2D eigenvalue weighted by Crippen LogP contribution is -2.44. The van der Waals surface area contributed by atoms with Gasteiger partial charge in [0.1, 0.15) is 0 Å². The average molecular weight is 278 g/mol. The fourth-order valence-corrected chi connectivity index (χ4v) is 2.40. The Balaban J connectivity index is 2.73. The van der Waals surface area contributed by atoms with Gasteiger partial charge in [0.05, 0.1) is 5.92 Å². The van der Waals surface area contributed by atoms with Crippen LogP contribution in [0.5, 0.6) is 0 Å². The smallest absolute Gasteiger partial charge is 0.233 e. The Labute approximate surface area is 121 Å². The topological polar surface area (TPSA) is 32.3 Å². The number of nitrogens with one attached hydrogen (secondary N) is 1. The first-order chi connectivity index (χ1) is 9.13. The Morgan fingerprint density at radius 2 is 1.79 bits per heavy atom. The molecule has 0 saturated carbocycles. The molecule has 3 nitrogen and oxygen atoms in total. The molecule has 1 atom stereocenters. The predicted molar refractivity (Wildman–Crippen MR) is 83.1 cm³/mol. The zero-order chi connectivity index (χ0) is 14.3. The van der Waals surface area contributed by atoms with Gasteiger partial charge in [0, 0.05) is 13.1 Å². The van der Waals surface area contributed by atoms with Gasteiger partial charge in [-0.3, -0.25) is 4.79 Å². The third-order valence-corrected chi connectivity index (χ3v) is 3.57. The molecule has 0 aliphatic heterocycles. The monoisotopic (exact) mass is 278 g/mol. The third-order valence-electron chi connectivity index (χ3n) is 3.21. The maximum absolute atomic E-state index is 12.3. The van der Waals surface area contributed by atoms with E-state index in [-0.39, 0.29) is 11.8 Å². The predicted octanol–water partition coefficient (Wildman–Crippen LogP) is 2.92. The van der Waals surface area contributed by atoms with Crippen LogP contribution in [0.15, 0.2) is 30.3 Å². The summed E-state index contributed by atoms with van der Waals surface area (Å²) in [7, 11) is 0. The summed E-state index contributed by atoms with van der Waals surface area (Å²) in [6.07, 6.45) is 0.761. The highest BCUT2D eigenvalue weighted by Crippen LogP contribution is 2.19. The van der Waals surface area contributed by atoms with Crippen molar-refractivity contribution in [3.63, 3.8) is 0 Å². The van der Waals surface area contributed by atoms with E-state index in [1.54, 1.807) is 0 Å². The molecule has 104 valence electrons. The number of benzene rings is 1. The normalized spacial score (nSPS) is 11.7. The molecule has 0 radical (unpaired) electrons. The molecule has 1 aromatic rings. The minimum absolute atomic E-state index is 0.0226. The summed E-state index contributed by atoms with van der Waals surface area (Å²) in [6, 6.07) is 9.82. The standard InChI is InChI=1S/C15H22N2OS/c1-4-13(12-10-8-7-9-11-12)14(18)16-15(19)17(5-2)6-3/h7-11,13H,4-6H2,1-3H3,(H,16,18,19)/t13-/m0/s1. The van der Waals surface area contributed by atoms with Crippen molar-refractivity contribution in [1.29, 1.82) is 0 Å². The van der Waals surface area contributed by atoms with E-state index in [1.807, 2.05) is 56.0 Å². The highest BCUT2D eigenvalue weighted by molar-refractivity contribution is 7.80. The molecule has 0 saturated heterocycles. The van der Waals surface area contributed by atoms with Crippen LogP contribution in [0.1, 0.15) is 38.7 Å². The first-order valence-electron chi connectivity index (χ1n) is 6.78. The molecule has 1 aromatic carbocycles. The van der Waals surface area contributed by atoms with Crippen molar-refractivity contribution in [3.8, 4) is 0 Å². The van der Waals surface area contributed by atoms with Gasteiger partial charge in [-0.2, -0.15) is 0 Å². The van der Waals surface area contributed by atoms with E-state index in [1.165, 1.54) is 0 Å². The molecular weight excluding hydrogens is 256 g/mol. The second-order valence-electron chi connectivity index (χ2n) is 4.34. The van der Waals surface area contributed by atoms with E-state index in [4.69, 9.17) is 12.2 Å². The van der Waals surface area contributed by atoms with Crippen molar-refractivity contribution in [2.24, 2.45) is 0 Å². The molecule has 4 heteroatoms. The minimum atomic E-state index is -0.144. The van der Waals surface area contributed by atoms with Gasteiger partial charge in [-0.15, -0.1) is 0 Å². The molecule has 1 N–H and O–H groups in total. The number of hydrogen-bond acceptors (Lipinski definition) is 2. The van der Waals surface area contributed by atoms with E-state index in [9.17, 15) is 4.79 Å². The Kier molecular flexibility index (Phi) is 6.50. The second-order valence-corrected chi connectivity index (χ2v) is 4.72. The van der Waals surface area contributed by atoms with Crippen LogP contribution < -0.4 is 5.32 Å². The van der Waals surface area contributed by atoms with Crippen LogP contribution in [0, 0.1) is 0 Å². The van der Waals surface area contributed by atoms with E-state index in [0.717, 1.165) is 25.1 Å². The number of carbonyl (C=O) groups is 1. The highest BCUT2D eigenvalue weighted by Gasteiger charge is 2.20. The van der Waals surface area contributed by atoms with Crippen molar-refractivity contribution in [1.82, 2.24) is 10.2 Å². The van der Waals surface area contributed by atoms with Gasteiger partial charge in [0.15, 0.2) is 5.11 Å². The number of thiocarbonyl (C=S) groups is 1. The molecule has 1 rings (SSSR count). The first-order valence-corrected chi connectivity index (χ1v) is 7.19. The van der Waals surface area contributed by atoms with Crippen LogP contribution in [0.4, 0.5) is 0 Å². The maximum Gasteiger partial charge on any atom is 0.233 e. The summed E-state index contributed by atoms with van der Waals surface area (Å²) in [5.74, 6) is -0.166. The molecule has 0 spiro atoms. The third kappa shape index (κ3) is 4.31. The molecule has 0 aliphatic carbocycles. The van der Waals surface area contributed by atoms with Gasteiger partial charge in [-0.05, 0) is 38.0 Å². The van der Waals surface area contributed by atoms with Gasteiger partial charge in [0.25, 0.3) is 0 Å². The second kappa shape index (κ2) is 7.89. The lowest BCUT2D eigenvalue weighted by Gasteiger charge is -2.23. The molecule has 1 amide bonds.